The number of thiophene rings is 1. The van der Waals surface area contributed by atoms with E-state index in [1.807, 2.05) is 13.8 Å². The molecule has 1 heterocycles. The van der Waals surface area contributed by atoms with Crippen LogP contribution in [-0.2, 0) is 9.84 Å². The second-order valence-corrected chi connectivity index (χ2v) is 6.83. The molecule has 0 aliphatic carbocycles. The van der Waals surface area contributed by atoms with Crippen molar-refractivity contribution in [3.8, 4) is 0 Å². The van der Waals surface area contributed by atoms with Gasteiger partial charge < -0.3 is 5.73 Å². The highest BCUT2D eigenvalue weighted by atomic mass is 32.2. The van der Waals surface area contributed by atoms with Gasteiger partial charge in [-0.25, -0.2) is 8.42 Å². The van der Waals surface area contributed by atoms with Gasteiger partial charge in [0.1, 0.15) is 4.21 Å². The average Bonchev–Trinajstić information content (AvgIpc) is 2.54. The summed E-state index contributed by atoms with van der Waals surface area (Å²) in [6.45, 7) is 3.85. The lowest BCUT2D eigenvalue weighted by molar-refractivity contribution is 0.517. The van der Waals surface area contributed by atoms with Crippen molar-refractivity contribution in [1.29, 1.82) is 0 Å². The van der Waals surface area contributed by atoms with E-state index in [-0.39, 0.29) is 17.7 Å². The van der Waals surface area contributed by atoms with Crippen LogP contribution in [0.5, 0.6) is 0 Å². The van der Waals surface area contributed by atoms with Crippen molar-refractivity contribution in [3.63, 3.8) is 0 Å². The number of nitrogens with two attached hydrogens (primary N) is 1. The van der Waals surface area contributed by atoms with E-state index < -0.39 is 9.84 Å². The molecular weight excluding hydrogens is 218 g/mol. The minimum atomic E-state index is -3.17. The Labute approximate surface area is 88.9 Å². The second kappa shape index (κ2) is 4.42. The molecule has 0 aliphatic heterocycles. The van der Waals surface area contributed by atoms with E-state index in [4.69, 9.17) is 5.73 Å². The summed E-state index contributed by atoms with van der Waals surface area (Å²) in [5.74, 6) is 0.218. The quantitative estimate of drug-likeness (QED) is 0.857. The van der Waals surface area contributed by atoms with Crippen molar-refractivity contribution in [2.75, 3.05) is 5.75 Å². The van der Waals surface area contributed by atoms with Crippen LogP contribution >= 0.6 is 11.3 Å². The van der Waals surface area contributed by atoms with Crippen molar-refractivity contribution in [2.45, 2.75) is 24.1 Å². The fourth-order valence-corrected chi connectivity index (χ4v) is 3.72. The van der Waals surface area contributed by atoms with Crippen LogP contribution in [0.1, 0.15) is 13.8 Å². The largest absolute Gasteiger partial charge is 0.327 e. The molecule has 0 saturated heterocycles. The third-order valence-corrected chi connectivity index (χ3v) is 5.35. The van der Waals surface area contributed by atoms with Gasteiger partial charge >= 0.3 is 0 Å². The SMILES string of the molecule is CC(C)C(N)CS(=O)(=O)c1cccs1. The molecule has 0 bridgehead atoms. The molecule has 3 nitrogen and oxygen atoms in total. The lowest BCUT2D eigenvalue weighted by atomic mass is 10.1. The number of sulfone groups is 1. The predicted molar refractivity (Wildman–Crippen MR) is 59.2 cm³/mol. The monoisotopic (exact) mass is 233 g/mol. The first kappa shape index (κ1) is 11.7. The van der Waals surface area contributed by atoms with Gasteiger partial charge in [0.2, 0.25) is 0 Å². The first-order valence-corrected chi connectivity index (χ1v) is 6.98. The van der Waals surface area contributed by atoms with Gasteiger partial charge in [-0.2, -0.15) is 0 Å². The molecule has 1 rings (SSSR count). The Morgan fingerprint density at radius 3 is 2.57 bits per heavy atom. The zero-order valence-electron chi connectivity index (χ0n) is 8.30. The summed E-state index contributed by atoms with van der Waals surface area (Å²) >= 11 is 1.24. The molecule has 0 radical (unpaired) electrons. The van der Waals surface area contributed by atoms with E-state index in [1.165, 1.54) is 11.3 Å². The molecule has 0 spiro atoms. The number of hydrogen-bond donors (Lipinski definition) is 1. The molecule has 0 aromatic carbocycles. The smallest absolute Gasteiger partial charge is 0.189 e. The summed E-state index contributed by atoms with van der Waals surface area (Å²) in [6.07, 6.45) is 0. The van der Waals surface area contributed by atoms with Crippen molar-refractivity contribution in [2.24, 2.45) is 11.7 Å². The standard InChI is InChI=1S/C9H15NO2S2/c1-7(2)8(10)6-14(11,12)9-4-3-5-13-9/h3-5,7-8H,6,10H2,1-2H3. The van der Waals surface area contributed by atoms with E-state index in [0.717, 1.165) is 0 Å². The summed E-state index contributed by atoms with van der Waals surface area (Å²) in [6, 6.07) is 3.06. The normalized spacial score (nSPS) is 14.6. The summed E-state index contributed by atoms with van der Waals surface area (Å²) in [5.41, 5.74) is 5.73. The highest BCUT2D eigenvalue weighted by Gasteiger charge is 2.21. The van der Waals surface area contributed by atoms with Gasteiger partial charge in [0, 0.05) is 6.04 Å². The number of hydrogen-bond acceptors (Lipinski definition) is 4. The van der Waals surface area contributed by atoms with Gasteiger partial charge in [0.05, 0.1) is 5.75 Å². The van der Waals surface area contributed by atoms with Crippen molar-refractivity contribution in [1.82, 2.24) is 0 Å². The van der Waals surface area contributed by atoms with Crippen LogP contribution in [0, 0.1) is 5.92 Å². The third-order valence-electron chi connectivity index (χ3n) is 2.07. The van der Waals surface area contributed by atoms with E-state index in [1.54, 1.807) is 17.5 Å². The van der Waals surface area contributed by atoms with Crippen LogP contribution in [0.4, 0.5) is 0 Å². The van der Waals surface area contributed by atoms with Crippen LogP contribution in [0.15, 0.2) is 21.7 Å². The van der Waals surface area contributed by atoms with Crippen LogP contribution in [0.2, 0.25) is 0 Å². The van der Waals surface area contributed by atoms with Crippen LogP contribution < -0.4 is 5.73 Å². The molecule has 0 fully saturated rings. The van der Waals surface area contributed by atoms with Crippen LogP contribution in [0.3, 0.4) is 0 Å². The molecule has 0 aliphatic rings. The van der Waals surface area contributed by atoms with E-state index >= 15 is 0 Å². The molecule has 80 valence electrons. The Morgan fingerprint density at radius 1 is 1.50 bits per heavy atom. The minimum absolute atomic E-state index is 0.0329. The highest BCUT2D eigenvalue weighted by molar-refractivity contribution is 7.93. The molecule has 14 heavy (non-hydrogen) atoms. The van der Waals surface area contributed by atoms with E-state index in [9.17, 15) is 8.42 Å². The molecule has 5 heteroatoms. The molecule has 2 N–H and O–H groups in total. The first-order valence-electron chi connectivity index (χ1n) is 4.45. The van der Waals surface area contributed by atoms with Crippen molar-refractivity contribution >= 4 is 21.2 Å². The van der Waals surface area contributed by atoms with E-state index in [2.05, 4.69) is 0 Å². The summed E-state index contributed by atoms with van der Waals surface area (Å²) in [5, 5.41) is 1.76. The van der Waals surface area contributed by atoms with Gasteiger partial charge in [0.15, 0.2) is 9.84 Å². The fourth-order valence-electron chi connectivity index (χ4n) is 0.968. The maximum Gasteiger partial charge on any atom is 0.189 e. The van der Waals surface area contributed by atoms with Crippen LogP contribution in [-0.4, -0.2) is 20.2 Å². The molecule has 1 aromatic heterocycles. The Kier molecular flexibility index (Phi) is 3.69. The molecule has 1 aromatic rings. The molecule has 1 unspecified atom stereocenters. The Bertz CT molecular complexity index is 368. The Morgan fingerprint density at radius 2 is 2.14 bits per heavy atom. The predicted octanol–water partition coefficient (Wildman–Crippen LogP) is 1.51. The second-order valence-electron chi connectivity index (χ2n) is 3.62. The van der Waals surface area contributed by atoms with Gasteiger partial charge in [-0.3, -0.25) is 0 Å². The summed E-state index contributed by atoms with van der Waals surface area (Å²) in [4.78, 5) is 0. The van der Waals surface area contributed by atoms with Crippen LogP contribution in [0.25, 0.3) is 0 Å². The third kappa shape index (κ3) is 2.80. The van der Waals surface area contributed by atoms with Crippen molar-refractivity contribution in [3.05, 3.63) is 17.5 Å². The minimum Gasteiger partial charge on any atom is -0.327 e. The molecular formula is C9H15NO2S2. The maximum atomic E-state index is 11.7. The fraction of sp³-hybridized carbons (Fsp3) is 0.556. The van der Waals surface area contributed by atoms with Gasteiger partial charge in [0.25, 0.3) is 0 Å². The summed E-state index contributed by atoms with van der Waals surface area (Å²) in [7, 11) is -3.17. The Hall–Kier alpha value is -0.390. The zero-order valence-corrected chi connectivity index (χ0v) is 9.94. The number of rotatable bonds is 4. The first-order chi connectivity index (χ1) is 6.43. The summed E-state index contributed by atoms with van der Waals surface area (Å²) < 4.78 is 23.9. The van der Waals surface area contributed by atoms with Crippen molar-refractivity contribution < 1.29 is 8.42 Å². The Balaban J connectivity index is 2.79. The van der Waals surface area contributed by atoms with E-state index in [0.29, 0.717) is 4.21 Å². The zero-order chi connectivity index (χ0) is 10.8. The van der Waals surface area contributed by atoms with Gasteiger partial charge in [-0.1, -0.05) is 19.9 Å². The molecule has 0 amide bonds. The topological polar surface area (TPSA) is 60.2 Å². The highest BCUT2D eigenvalue weighted by Crippen LogP contribution is 2.18. The average molecular weight is 233 g/mol. The molecule has 1 atom stereocenters. The maximum absolute atomic E-state index is 11.7. The lowest BCUT2D eigenvalue weighted by Gasteiger charge is -2.14. The molecule has 0 saturated carbocycles. The van der Waals surface area contributed by atoms with Gasteiger partial charge in [-0.05, 0) is 17.4 Å². The van der Waals surface area contributed by atoms with Gasteiger partial charge in [-0.15, -0.1) is 11.3 Å². The lowest BCUT2D eigenvalue weighted by Crippen LogP contribution is -2.34.